The van der Waals surface area contributed by atoms with E-state index in [-0.39, 0.29) is 24.5 Å². The maximum absolute atomic E-state index is 12.0. The molecule has 0 heterocycles. The van der Waals surface area contributed by atoms with Crippen LogP contribution in [0.4, 0.5) is 4.79 Å². The molecule has 2 N–H and O–H groups in total. The summed E-state index contributed by atoms with van der Waals surface area (Å²) in [6.07, 6.45) is 4.56. The average molecular weight is 256 g/mol. The van der Waals surface area contributed by atoms with Gasteiger partial charge in [0.1, 0.15) is 0 Å². The zero-order chi connectivity index (χ0) is 13.7. The highest BCUT2D eigenvalue weighted by Gasteiger charge is 2.28. The number of nitrogens with zero attached hydrogens (tertiary/aromatic N) is 1. The first kappa shape index (κ1) is 14.8. The Hall–Kier alpha value is -1.26. The molecule has 3 atom stereocenters. The lowest BCUT2D eigenvalue weighted by atomic mass is 9.85. The van der Waals surface area contributed by atoms with Crippen LogP contribution in [0, 0.1) is 5.92 Å². The van der Waals surface area contributed by atoms with E-state index < -0.39 is 5.97 Å². The fourth-order valence-corrected chi connectivity index (χ4v) is 2.65. The van der Waals surface area contributed by atoms with Crippen LogP contribution in [-0.4, -0.2) is 41.1 Å². The van der Waals surface area contributed by atoms with Crippen molar-refractivity contribution in [3.05, 3.63) is 0 Å². The molecule has 2 amide bonds. The number of amides is 2. The smallest absolute Gasteiger partial charge is 0.317 e. The molecule has 0 bridgehead atoms. The lowest BCUT2D eigenvalue weighted by molar-refractivity contribution is -0.137. The van der Waals surface area contributed by atoms with Crippen molar-refractivity contribution in [2.75, 3.05) is 7.05 Å². The van der Waals surface area contributed by atoms with E-state index in [4.69, 9.17) is 5.11 Å². The fraction of sp³-hybridized carbons (Fsp3) is 0.846. The molecule has 0 aromatic heterocycles. The lowest BCUT2D eigenvalue weighted by Gasteiger charge is -2.36. The van der Waals surface area contributed by atoms with Crippen molar-refractivity contribution in [2.45, 2.75) is 58.0 Å². The van der Waals surface area contributed by atoms with E-state index in [9.17, 15) is 9.59 Å². The summed E-state index contributed by atoms with van der Waals surface area (Å²) in [5, 5.41) is 11.4. The molecule has 1 aliphatic rings. The minimum absolute atomic E-state index is 0.0419. The predicted octanol–water partition coefficient (Wildman–Crippen LogP) is 2.07. The fourth-order valence-electron chi connectivity index (χ4n) is 2.65. The van der Waals surface area contributed by atoms with E-state index in [1.54, 1.807) is 18.9 Å². The number of rotatable bonds is 4. The van der Waals surface area contributed by atoms with Crippen LogP contribution in [0.3, 0.4) is 0 Å². The van der Waals surface area contributed by atoms with Crippen LogP contribution in [0.25, 0.3) is 0 Å². The summed E-state index contributed by atoms with van der Waals surface area (Å²) >= 11 is 0. The molecular formula is C13H24N2O3. The summed E-state index contributed by atoms with van der Waals surface area (Å²) in [5.74, 6) is -0.374. The van der Waals surface area contributed by atoms with Crippen LogP contribution in [0.2, 0.25) is 0 Å². The molecule has 0 radical (unpaired) electrons. The van der Waals surface area contributed by atoms with E-state index >= 15 is 0 Å². The second kappa shape index (κ2) is 6.61. The van der Waals surface area contributed by atoms with Gasteiger partial charge in [-0.2, -0.15) is 0 Å². The molecule has 1 fully saturated rings. The van der Waals surface area contributed by atoms with Gasteiger partial charge in [0.05, 0.1) is 6.42 Å². The van der Waals surface area contributed by atoms with Crippen LogP contribution in [0.5, 0.6) is 0 Å². The molecule has 1 rings (SSSR count). The van der Waals surface area contributed by atoms with E-state index in [0.29, 0.717) is 5.92 Å². The summed E-state index contributed by atoms with van der Waals surface area (Å²) in [7, 11) is 1.80. The minimum atomic E-state index is -0.892. The number of carboxylic acid groups (broad SMARTS) is 1. The van der Waals surface area contributed by atoms with Gasteiger partial charge in [0, 0.05) is 19.1 Å². The molecular weight excluding hydrogens is 232 g/mol. The molecule has 0 spiro atoms. The van der Waals surface area contributed by atoms with Crippen LogP contribution >= 0.6 is 0 Å². The van der Waals surface area contributed by atoms with Crippen molar-refractivity contribution in [3.8, 4) is 0 Å². The van der Waals surface area contributed by atoms with Gasteiger partial charge in [0.2, 0.25) is 0 Å². The van der Waals surface area contributed by atoms with Gasteiger partial charge in [-0.05, 0) is 25.7 Å². The van der Waals surface area contributed by atoms with Crippen molar-refractivity contribution in [1.29, 1.82) is 0 Å². The third-order valence-corrected chi connectivity index (χ3v) is 3.73. The Bertz CT molecular complexity index is 307. The standard InChI is InChI=1S/C13H24N2O3/c1-9-6-4-5-7-11(9)15(3)13(18)14-10(2)8-12(16)17/h9-11H,4-8H2,1-3H3,(H,14,18)(H,16,17). The normalized spacial score (nSPS) is 25.3. The summed E-state index contributed by atoms with van der Waals surface area (Å²) < 4.78 is 0. The Balaban J connectivity index is 2.47. The SMILES string of the molecule is CC(CC(=O)O)NC(=O)N(C)C1CCCCC1C. The minimum Gasteiger partial charge on any atom is -0.481 e. The summed E-state index contributed by atoms with van der Waals surface area (Å²) in [6.45, 7) is 3.89. The monoisotopic (exact) mass is 256 g/mol. The summed E-state index contributed by atoms with van der Waals surface area (Å²) in [4.78, 5) is 24.3. The van der Waals surface area contributed by atoms with Crippen molar-refractivity contribution >= 4 is 12.0 Å². The highest BCUT2D eigenvalue weighted by atomic mass is 16.4. The number of hydrogen-bond donors (Lipinski definition) is 2. The number of hydrogen-bond acceptors (Lipinski definition) is 2. The highest BCUT2D eigenvalue weighted by molar-refractivity contribution is 5.76. The number of carboxylic acids is 1. The van der Waals surface area contributed by atoms with Crippen molar-refractivity contribution in [1.82, 2.24) is 10.2 Å². The van der Waals surface area contributed by atoms with Gasteiger partial charge in [-0.3, -0.25) is 4.79 Å². The Labute approximate surface area is 109 Å². The maximum Gasteiger partial charge on any atom is 0.317 e. The molecule has 0 aromatic carbocycles. The maximum atomic E-state index is 12.0. The first-order valence-corrected chi connectivity index (χ1v) is 6.67. The second-order valence-corrected chi connectivity index (χ2v) is 5.39. The summed E-state index contributed by atoms with van der Waals surface area (Å²) in [6, 6.07) is -0.227. The lowest BCUT2D eigenvalue weighted by Crippen LogP contribution is -2.49. The molecule has 5 heteroatoms. The molecule has 18 heavy (non-hydrogen) atoms. The Morgan fingerprint density at radius 3 is 2.56 bits per heavy atom. The number of urea groups is 1. The van der Waals surface area contributed by atoms with Gasteiger partial charge in [-0.15, -0.1) is 0 Å². The largest absolute Gasteiger partial charge is 0.481 e. The number of nitrogens with one attached hydrogen (secondary N) is 1. The Kier molecular flexibility index (Phi) is 5.44. The van der Waals surface area contributed by atoms with E-state index in [2.05, 4.69) is 12.2 Å². The number of aliphatic carboxylic acids is 1. The second-order valence-electron chi connectivity index (χ2n) is 5.39. The zero-order valence-electron chi connectivity index (χ0n) is 11.5. The Morgan fingerprint density at radius 1 is 1.39 bits per heavy atom. The van der Waals surface area contributed by atoms with Gasteiger partial charge in [-0.1, -0.05) is 19.8 Å². The van der Waals surface area contributed by atoms with E-state index in [1.807, 2.05) is 0 Å². The van der Waals surface area contributed by atoms with Crippen molar-refractivity contribution in [3.63, 3.8) is 0 Å². The number of carbonyl (C=O) groups excluding carboxylic acids is 1. The molecule has 1 aliphatic carbocycles. The van der Waals surface area contributed by atoms with Crippen molar-refractivity contribution < 1.29 is 14.7 Å². The first-order chi connectivity index (χ1) is 8.41. The molecule has 0 saturated heterocycles. The zero-order valence-corrected chi connectivity index (χ0v) is 11.5. The molecule has 5 nitrogen and oxygen atoms in total. The number of carbonyl (C=O) groups is 2. The first-order valence-electron chi connectivity index (χ1n) is 6.67. The topological polar surface area (TPSA) is 69.6 Å². The molecule has 0 aliphatic heterocycles. The van der Waals surface area contributed by atoms with E-state index in [0.717, 1.165) is 19.3 Å². The van der Waals surface area contributed by atoms with E-state index in [1.165, 1.54) is 6.42 Å². The van der Waals surface area contributed by atoms with Crippen LogP contribution < -0.4 is 5.32 Å². The molecule has 0 aromatic rings. The predicted molar refractivity (Wildman–Crippen MR) is 69.4 cm³/mol. The molecule has 1 saturated carbocycles. The Morgan fingerprint density at radius 2 is 2.00 bits per heavy atom. The van der Waals surface area contributed by atoms with Gasteiger partial charge in [-0.25, -0.2) is 4.79 Å². The van der Waals surface area contributed by atoms with Crippen LogP contribution in [-0.2, 0) is 4.79 Å². The van der Waals surface area contributed by atoms with Crippen LogP contribution in [0.1, 0.15) is 46.0 Å². The van der Waals surface area contributed by atoms with Crippen LogP contribution in [0.15, 0.2) is 0 Å². The third kappa shape index (κ3) is 4.20. The highest BCUT2D eigenvalue weighted by Crippen LogP contribution is 2.27. The third-order valence-electron chi connectivity index (χ3n) is 3.73. The van der Waals surface area contributed by atoms with Gasteiger partial charge in [0.15, 0.2) is 0 Å². The molecule has 104 valence electrons. The quantitative estimate of drug-likeness (QED) is 0.809. The van der Waals surface area contributed by atoms with Gasteiger partial charge >= 0.3 is 12.0 Å². The van der Waals surface area contributed by atoms with Gasteiger partial charge < -0.3 is 15.3 Å². The molecule has 3 unspecified atom stereocenters. The van der Waals surface area contributed by atoms with Crippen molar-refractivity contribution in [2.24, 2.45) is 5.92 Å². The average Bonchev–Trinajstić information content (AvgIpc) is 2.27. The van der Waals surface area contributed by atoms with Gasteiger partial charge in [0.25, 0.3) is 0 Å². The summed E-state index contributed by atoms with van der Waals surface area (Å²) in [5.41, 5.74) is 0.